The molecule has 2 rings (SSSR count). The molecule has 0 N–H and O–H groups in total. The summed E-state index contributed by atoms with van der Waals surface area (Å²) < 4.78 is 5.04. The molecule has 3 nitrogen and oxygen atoms in total. The molecule has 0 spiro atoms. The first kappa shape index (κ1) is 10.5. The molecule has 2 heterocycles. The maximum Gasteiger partial charge on any atom is 0.223 e. The molecule has 3 heteroatoms. The van der Waals surface area contributed by atoms with E-state index in [4.69, 9.17) is 4.74 Å². The number of hydrogen-bond donors (Lipinski definition) is 0. The minimum absolute atomic E-state index is 0.311. The van der Waals surface area contributed by atoms with E-state index in [2.05, 4.69) is 6.92 Å². The van der Waals surface area contributed by atoms with E-state index in [1.165, 1.54) is 0 Å². The van der Waals surface area contributed by atoms with Crippen LogP contribution in [0.5, 0.6) is 0 Å². The molecule has 1 unspecified atom stereocenters. The van der Waals surface area contributed by atoms with Crippen molar-refractivity contribution < 1.29 is 9.53 Å². The van der Waals surface area contributed by atoms with Gasteiger partial charge in [0, 0.05) is 13.0 Å². The zero-order valence-corrected chi connectivity index (χ0v) is 8.75. The maximum absolute atomic E-state index is 11.3. The first-order chi connectivity index (χ1) is 6.27. The lowest BCUT2D eigenvalue weighted by molar-refractivity contribution is -0.139. The van der Waals surface area contributed by atoms with E-state index in [1.807, 2.05) is 18.7 Å². The zero-order valence-electron chi connectivity index (χ0n) is 8.75. The van der Waals surface area contributed by atoms with Gasteiger partial charge in [0.05, 0.1) is 19.3 Å². The fourth-order valence-corrected chi connectivity index (χ4v) is 1.67. The summed E-state index contributed by atoms with van der Waals surface area (Å²) in [6.45, 7) is 8.56. The molecule has 0 saturated carbocycles. The van der Waals surface area contributed by atoms with E-state index >= 15 is 0 Å². The zero-order chi connectivity index (χ0) is 9.84. The predicted molar refractivity (Wildman–Crippen MR) is 51.4 cm³/mol. The Balaban J connectivity index is 0.000000396. The van der Waals surface area contributed by atoms with E-state index in [1.54, 1.807) is 0 Å². The van der Waals surface area contributed by atoms with Crippen LogP contribution in [0.4, 0.5) is 0 Å². The fourth-order valence-electron chi connectivity index (χ4n) is 1.67. The molecular formula is C10H19NO2. The molecule has 13 heavy (non-hydrogen) atoms. The van der Waals surface area contributed by atoms with Gasteiger partial charge in [-0.3, -0.25) is 4.79 Å². The summed E-state index contributed by atoms with van der Waals surface area (Å²) in [5.74, 6) is 0.855. The van der Waals surface area contributed by atoms with E-state index in [9.17, 15) is 4.79 Å². The Morgan fingerprint density at radius 3 is 2.31 bits per heavy atom. The molecule has 1 atom stereocenters. The highest BCUT2D eigenvalue weighted by Gasteiger charge is 2.35. The van der Waals surface area contributed by atoms with Crippen LogP contribution in [-0.4, -0.2) is 36.6 Å². The third-order valence-corrected chi connectivity index (χ3v) is 2.41. The van der Waals surface area contributed by atoms with Gasteiger partial charge in [0.15, 0.2) is 0 Å². The standard InChI is InChI=1S/C8H13NO2.C2H6/c1-6-2-8(10)9(3-6)7-4-11-5-7;1-2/h6-7H,2-5H2,1H3;1-2H3. The summed E-state index contributed by atoms with van der Waals surface area (Å²) in [4.78, 5) is 13.3. The number of hydrogen-bond acceptors (Lipinski definition) is 2. The Bertz CT molecular complexity index is 178. The number of likely N-dealkylation sites (tertiary alicyclic amines) is 1. The van der Waals surface area contributed by atoms with Gasteiger partial charge in [-0.2, -0.15) is 0 Å². The highest BCUT2D eigenvalue weighted by atomic mass is 16.5. The third-order valence-electron chi connectivity index (χ3n) is 2.41. The Kier molecular flexibility index (Phi) is 3.72. The van der Waals surface area contributed by atoms with Gasteiger partial charge in [0.2, 0.25) is 5.91 Å². The van der Waals surface area contributed by atoms with Gasteiger partial charge in [-0.25, -0.2) is 0 Å². The van der Waals surface area contributed by atoms with Crippen molar-refractivity contribution in [3.05, 3.63) is 0 Å². The lowest BCUT2D eigenvalue weighted by atomic mass is 10.2. The Hall–Kier alpha value is -0.570. The number of nitrogens with zero attached hydrogens (tertiary/aromatic N) is 1. The normalized spacial score (nSPS) is 28.1. The number of ether oxygens (including phenoxy) is 1. The minimum atomic E-state index is 0.311. The molecule has 0 radical (unpaired) electrons. The van der Waals surface area contributed by atoms with Crippen molar-refractivity contribution in [1.82, 2.24) is 4.90 Å². The highest BCUT2D eigenvalue weighted by molar-refractivity contribution is 5.79. The molecule has 76 valence electrons. The van der Waals surface area contributed by atoms with Crippen molar-refractivity contribution in [3.63, 3.8) is 0 Å². The van der Waals surface area contributed by atoms with Crippen molar-refractivity contribution in [1.29, 1.82) is 0 Å². The number of carbonyl (C=O) groups excluding carboxylic acids is 1. The second-order valence-corrected chi connectivity index (χ2v) is 3.55. The topological polar surface area (TPSA) is 29.5 Å². The Labute approximate surface area is 80.1 Å². The first-order valence-corrected chi connectivity index (χ1v) is 5.14. The Morgan fingerprint density at radius 1 is 1.38 bits per heavy atom. The lowest BCUT2D eigenvalue weighted by Gasteiger charge is -2.34. The number of amides is 1. The number of carbonyl (C=O) groups is 1. The number of rotatable bonds is 1. The average molecular weight is 185 g/mol. The van der Waals surface area contributed by atoms with Crippen LogP contribution in [-0.2, 0) is 9.53 Å². The molecule has 0 aromatic rings. The SMILES string of the molecule is CC.CC1CC(=O)N(C2COC2)C1. The molecule has 0 aromatic carbocycles. The molecule has 2 aliphatic rings. The van der Waals surface area contributed by atoms with Gasteiger partial charge in [-0.1, -0.05) is 20.8 Å². The van der Waals surface area contributed by atoms with Gasteiger partial charge < -0.3 is 9.64 Å². The second-order valence-electron chi connectivity index (χ2n) is 3.55. The third kappa shape index (κ3) is 2.21. The maximum atomic E-state index is 11.3. The summed E-state index contributed by atoms with van der Waals surface area (Å²) in [6.07, 6.45) is 0.733. The second kappa shape index (κ2) is 4.61. The van der Waals surface area contributed by atoms with Crippen molar-refractivity contribution in [2.45, 2.75) is 33.2 Å². The van der Waals surface area contributed by atoms with E-state index < -0.39 is 0 Å². The van der Waals surface area contributed by atoms with Gasteiger partial charge in [0.25, 0.3) is 0 Å². The van der Waals surface area contributed by atoms with Gasteiger partial charge >= 0.3 is 0 Å². The van der Waals surface area contributed by atoms with Crippen molar-refractivity contribution >= 4 is 5.91 Å². The van der Waals surface area contributed by atoms with E-state index in [0.717, 1.165) is 26.2 Å². The first-order valence-electron chi connectivity index (χ1n) is 5.14. The lowest BCUT2D eigenvalue weighted by Crippen LogP contribution is -2.49. The van der Waals surface area contributed by atoms with Crippen molar-refractivity contribution in [3.8, 4) is 0 Å². The predicted octanol–water partition coefficient (Wildman–Crippen LogP) is 1.28. The summed E-state index contributed by atoms with van der Waals surface area (Å²) >= 11 is 0. The minimum Gasteiger partial charge on any atom is -0.377 e. The molecule has 2 saturated heterocycles. The van der Waals surface area contributed by atoms with Gasteiger partial charge in [-0.05, 0) is 5.92 Å². The summed E-state index contributed by atoms with van der Waals surface area (Å²) in [6, 6.07) is 0.396. The van der Waals surface area contributed by atoms with Crippen LogP contribution in [0.1, 0.15) is 27.2 Å². The average Bonchev–Trinajstić information content (AvgIpc) is 2.32. The monoisotopic (exact) mass is 185 g/mol. The van der Waals surface area contributed by atoms with Crippen LogP contribution in [0.2, 0.25) is 0 Å². The smallest absolute Gasteiger partial charge is 0.223 e. The van der Waals surface area contributed by atoms with Crippen LogP contribution >= 0.6 is 0 Å². The Morgan fingerprint density at radius 2 is 2.00 bits per heavy atom. The van der Waals surface area contributed by atoms with E-state index in [-0.39, 0.29) is 0 Å². The molecule has 0 aliphatic carbocycles. The highest BCUT2D eigenvalue weighted by Crippen LogP contribution is 2.22. The summed E-state index contributed by atoms with van der Waals surface area (Å²) in [5.41, 5.74) is 0. The van der Waals surface area contributed by atoms with Crippen molar-refractivity contribution in [2.24, 2.45) is 5.92 Å². The quantitative estimate of drug-likeness (QED) is 0.616. The van der Waals surface area contributed by atoms with Crippen LogP contribution in [0.3, 0.4) is 0 Å². The molecule has 0 bridgehead atoms. The van der Waals surface area contributed by atoms with Gasteiger partial charge in [0.1, 0.15) is 0 Å². The van der Waals surface area contributed by atoms with Crippen LogP contribution in [0.15, 0.2) is 0 Å². The van der Waals surface area contributed by atoms with Crippen molar-refractivity contribution in [2.75, 3.05) is 19.8 Å². The van der Waals surface area contributed by atoms with Crippen LogP contribution in [0, 0.1) is 5.92 Å². The summed E-state index contributed by atoms with van der Waals surface area (Å²) in [7, 11) is 0. The summed E-state index contributed by atoms with van der Waals surface area (Å²) in [5, 5.41) is 0. The van der Waals surface area contributed by atoms with Crippen LogP contribution < -0.4 is 0 Å². The molecular weight excluding hydrogens is 166 g/mol. The van der Waals surface area contributed by atoms with Crippen LogP contribution in [0.25, 0.3) is 0 Å². The molecule has 0 aromatic heterocycles. The largest absolute Gasteiger partial charge is 0.377 e. The van der Waals surface area contributed by atoms with E-state index in [0.29, 0.717) is 17.9 Å². The van der Waals surface area contributed by atoms with Gasteiger partial charge in [-0.15, -0.1) is 0 Å². The molecule has 2 aliphatic heterocycles. The fraction of sp³-hybridized carbons (Fsp3) is 0.900. The molecule has 1 amide bonds. The molecule has 2 fully saturated rings.